The van der Waals surface area contributed by atoms with Crippen molar-refractivity contribution in [1.29, 1.82) is 0 Å². The average Bonchev–Trinajstić information content (AvgIpc) is 2.95. The third-order valence-corrected chi connectivity index (χ3v) is 6.20. The highest BCUT2D eigenvalue weighted by atomic mass is 32.2. The van der Waals surface area contributed by atoms with Crippen LogP contribution in [-0.2, 0) is 10.0 Å². The summed E-state index contributed by atoms with van der Waals surface area (Å²) in [5, 5.41) is 18.4. The number of carbonyl (C=O) groups is 1. The zero-order chi connectivity index (χ0) is 14.0. The summed E-state index contributed by atoms with van der Waals surface area (Å²) < 4.78 is 26.3. The van der Waals surface area contributed by atoms with E-state index < -0.39 is 22.1 Å². The molecule has 3 N–H and O–H groups in total. The van der Waals surface area contributed by atoms with Gasteiger partial charge in [0.1, 0.15) is 9.09 Å². The van der Waals surface area contributed by atoms with E-state index in [4.69, 9.17) is 5.11 Å². The van der Waals surface area contributed by atoms with Crippen molar-refractivity contribution in [2.75, 3.05) is 6.54 Å². The van der Waals surface area contributed by atoms with Gasteiger partial charge in [0.15, 0.2) is 0 Å². The molecule has 2 rings (SSSR count). The van der Waals surface area contributed by atoms with Crippen LogP contribution in [0.2, 0.25) is 0 Å². The monoisotopic (exact) mass is 305 g/mol. The maximum Gasteiger partial charge on any atom is 0.345 e. The van der Waals surface area contributed by atoms with Crippen molar-refractivity contribution in [1.82, 2.24) is 4.72 Å². The van der Waals surface area contributed by atoms with Crippen molar-refractivity contribution in [3.8, 4) is 0 Å². The van der Waals surface area contributed by atoms with Gasteiger partial charge in [-0.2, -0.15) is 0 Å². The van der Waals surface area contributed by atoms with Gasteiger partial charge in [-0.25, -0.2) is 17.9 Å². The number of carboxylic acids is 1. The first-order chi connectivity index (χ1) is 8.90. The van der Waals surface area contributed by atoms with E-state index in [0.29, 0.717) is 6.42 Å². The number of aromatic carboxylic acids is 1. The Morgan fingerprint density at radius 1 is 1.42 bits per heavy atom. The van der Waals surface area contributed by atoms with Gasteiger partial charge in [-0.3, -0.25) is 0 Å². The molecule has 0 aliphatic heterocycles. The van der Waals surface area contributed by atoms with Crippen LogP contribution in [0, 0.1) is 5.92 Å². The Labute approximate surface area is 115 Å². The molecule has 8 heteroatoms. The Hall–Kier alpha value is -0.960. The third kappa shape index (κ3) is 3.33. The molecule has 106 valence electrons. The van der Waals surface area contributed by atoms with Crippen LogP contribution in [0.4, 0.5) is 0 Å². The standard InChI is InChI=1S/C11H15NO5S2/c13-8-3-1-2-7(8)6-12-19(16,17)10-5-4-9(18-10)11(14)15/h4-5,7-8,12-13H,1-3,6H2,(H,14,15). The highest BCUT2D eigenvalue weighted by Crippen LogP contribution is 2.26. The number of aliphatic hydroxyl groups is 1. The van der Waals surface area contributed by atoms with E-state index in [9.17, 15) is 18.3 Å². The van der Waals surface area contributed by atoms with Crippen molar-refractivity contribution < 1.29 is 23.4 Å². The lowest BCUT2D eigenvalue weighted by atomic mass is 10.1. The van der Waals surface area contributed by atoms with Crippen LogP contribution in [0.3, 0.4) is 0 Å². The number of carboxylic acid groups (broad SMARTS) is 1. The van der Waals surface area contributed by atoms with E-state index in [1.807, 2.05) is 0 Å². The minimum absolute atomic E-state index is 0.0127. The summed E-state index contributed by atoms with van der Waals surface area (Å²) in [4.78, 5) is 10.7. The van der Waals surface area contributed by atoms with Crippen molar-refractivity contribution in [3.63, 3.8) is 0 Å². The molecule has 1 saturated carbocycles. The second kappa shape index (κ2) is 5.58. The molecule has 1 aliphatic carbocycles. The first-order valence-corrected chi connectivity index (χ1v) is 8.21. The Balaban J connectivity index is 2.03. The minimum atomic E-state index is -3.69. The van der Waals surface area contributed by atoms with Gasteiger partial charge in [0, 0.05) is 6.54 Å². The summed E-state index contributed by atoms with van der Waals surface area (Å²) >= 11 is 0.719. The van der Waals surface area contributed by atoms with Crippen molar-refractivity contribution >= 4 is 27.3 Å². The molecule has 0 radical (unpaired) electrons. The maximum atomic E-state index is 12.0. The fraction of sp³-hybridized carbons (Fsp3) is 0.545. The summed E-state index contributed by atoms with van der Waals surface area (Å²) in [5.74, 6) is -1.20. The van der Waals surface area contributed by atoms with Gasteiger partial charge in [0.2, 0.25) is 10.0 Å². The van der Waals surface area contributed by atoms with Crippen LogP contribution in [-0.4, -0.2) is 37.2 Å². The zero-order valence-electron chi connectivity index (χ0n) is 10.1. The highest BCUT2D eigenvalue weighted by Gasteiger charge is 2.27. The third-order valence-electron chi connectivity index (χ3n) is 3.21. The number of hydrogen-bond acceptors (Lipinski definition) is 5. The normalized spacial score (nSPS) is 23.6. The zero-order valence-corrected chi connectivity index (χ0v) is 11.7. The SMILES string of the molecule is O=C(O)c1ccc(S(=O)(=O)NCC2CCCC2O)s1. The van der Waals surface area contributed by atoms with Crippen molar-refractivity contribution in [2.45, 2.75) is 29.6 Å². The number of sulfonamides is 1. The maximum absolute atomic E-state index is 12.0. The second-order valence-corrected chi connectivity index (χ2v) is 7.61. The van der Waals surface area contributed by atoms with E-state index >= 15 is 0 Å². The fourth-order valence-corrected chi connectivity index (χ4v) is 4.41. The predicted octanol–water partition coefficient (Wildman–Crippen LogP) is 0.886. The molecule has 1 heterocycles. The number of rotatable bonds is 5. The molecular formula is C11H15NO5S2. The van der Waals surface area contributed by atoms with Gasteiger partial charge in [-0.05, 0) is 30.9 Å². The van der Waals surface area contributed by atoms with Crippen LogP contribution in [0.1, 0.15) is 28.9 Å². The molecule has 0 saturated heterocycles. The summed E-state index contributed by atoms with van der Waals surface area (Å²) in [6, 6.07) is 2.55. The molecule has 0 spiro atoms. The Morgan fingerprint density at radius 3 is 2.68 bits per heavy atom. The second-order valence-electron chi connectivity index (χ2n) is 4.53. The van der Waals surface area contributed by atoms with E-state index in [-0.39, 0.29) is 21.5 Å². The van der Waals surface area contributed by atoms with E-state index in [2.05, 4.69) is 4.72 Å². The number of aliphatic hydroxyl groups excluding tert-OH is 1. The fourth-order valence-electron chi connectivity index (χ4n) is 2.12. The topological polar surface area (TPSA) is 104 Å². The molecule has 0 amide bonds. The molecular weight excluding hydrogens is 290 g/mol. The molecule has 2 atom stereocenters. The predicted molar refractivity (Wildman–Crippen MR) is 69.8 cm³/mol. The van der Waals surface area contributed by atoms with Gasteiger partial charge in [-0.15, -0.1) is 11.3 Å². The number of thiophene rings is 1. The lowest BCUT2D eigenvalue weighted by Gasteiger charge is -2.14. The van der Waals surface area contributed by atoms with Gasteiger partial charge >= 0.3 is 5.97 Å². The van der Waals surface area contributed by atoms with Crippen LogP contribution in [0.5, 0.6) is 0 Å². The van der Waals surface area contributed by atoms with Crippen LogP contribution >= 0.6 is 11.3 Å². The van der Waals surface area contributed by atoms with Crippen molar-refractivity contribution in [3.05, 3.63) is 17.0 Å². The summed E-state index contributed by atoms with van der Waals surface area (Å²) in [6.07, 6.45) is 1.94. The van der Waals surface area contributed by atoms with Gasteiger partial charge in [0.25, 0.3) is 0 Å². The van der Waals surface area contributed by atoms with Crippen LogP contribution in [0.25, 0.3) is 0 Å². The smallest absolute Gasteiger partial charge is 0.345 e. The molecule has 1 fully saturated rings. The summed E-state index contributed by atoms with van der Waals surface area (Å²) in [6.45, 7) is 0.184. The number of nitrogens with one attached hydrogen (secondary N) is 1. The molecule has 0 bridgehead atoms. The van der Waals surface area contributed by atoms with Crippen molar-refractivity contribution in [2.24, 2.45) is 5.92 Å². The van der Waals surface area contributed by atoms with Gasteiger partial charge < -0.3 is 10.2 Å². The minimum Gasteiger partial charge on any atom is -0.477 e. The molecule has 6 nitrogen and oxygen atoms in total. The molecule has 2 unspecified atom stereocenters. The quantitative estimate of drug-likeness (QED) is 0.749. The molecule has 19 heavy (non-hydrogen) atoms. The largest absolute Gasteiger partial charge is 0.477 e. The summed E-state index contributed by atoms with van der Waals surface area (Å²) in [5.41, 5.74) is 0. The molecule has 0 aromatic carbocycles. The van der Waals surface area contributed by atoms with E-state index in [1.54, 1.807) is 0 Å². The van der Waals surface area contributed by atoms with E-state index in [1.165, 1.54) is 12.1 Å². The Morgan fingerprint density at radius 2 is 2.16 bits per heavy atom. The van der Waals surface area contributed by atoms with Gasteiger partial charge in [-0.1, -0.05) is 6.42 Å². The highest BCUT2D eigenvalue weighted by molar-refractivity contribution is 7.91. The molecule has 1 aliphatic rings. The average molecular weight is 305 g/mol. The van der Waals surface area contributed by atoms with Crippen LogP contribution in [0.15, 0.2) is 16.3 Å². The summed E-state index contributed by atoms with van der Waals surface area (Å²) in [7, 11) is -3.69. The number of hydrogen-bond donors (Lipinski definition) is 3. The Bertz CT molecular complexity index is 565. The molecule has 1 aromatic rings. The van der Waals surface area contributed by atoms with Gasteiger partial charge in [0.05, 0.1) is 6.10 Å². The first-order valence-electron chi connectivity index (χ1n) is 5.91. The first kappa shape index (κ1) is 14.4. The van der Waals surface area contributed by atoms with Crippen LogP contribution < -0.4 is 4.72 Å². The Kier molecular flexibility index (Phi) is 4.24. The van der Waals surface area contributed by atoms with E-state index in [0.717, 1.165) is 24.2 Å². The molecule has 1 aromatic heterocycles. The lowest BCUT2D eigenvalue weighted by molar-refractivity contribution is 0.0702. The lowest BCUT2D eigenvalue weighted by Crippen LogP contribution is -2.32.